The Morgan fingerprint density at radius 2 is 1.84 bits per heavy atom. The molecule has 0 saturated heterocycles. The van der Waals surface area contributed by atoms with E-state index in [0.29, 0.717) is 42.8 Å². The SMILES string of the molecule is Cc1cc(N(C)C(=O)OC(C)(C)C)cc(Nc2nc3c(c(C4=CCN(C(=O)OC(C)(C)C)CCC4)c2F)OCCC3O)n1. The molecule has 0 bridgehead atoms. The molecule has 0 fully saturated rings. The van der Waals surface area contributed by atoms with Gasteiger partial charge in [0.1, 0.15) is 28.8 Å². The van der Waals surface area contributed by atoms with Gasteiger partial charge in [0.25, 0.3) is 0 Å². The predicted octanol–water partition coefficient (Wildman–Crippen LogP) is 6.27. The zero-order valence-electron chi connectivity index (χ0n) is 26.2. The number of hydrogen-bond acceptors (Lipinski definition) is 9. The number of halogens is 1. The highest BCUT2D eigenvalue weighted by atomic mass is 19.1. The molecular weight excluding hydrogens is 557 g/mol. The fraction of sp³-hybridized carbons (Fsp3) is 0.548. The summed E-state index contributed by atoms with van der Waals surface area (Å²) in [6.45, 7) is 13.4. The number of pyridine rings is 2. The van der Waals surface area contributed by atoms with Gasteiger partial charge in [0.05, 0.1) is 17.9 Å². The normalized spacial score (nSPS) is 17.2. The molecule has 2 aromatic heterocycles. The van der Waals surface area contributed by atoms with Gasteiger partial charge in [-0.1, -0.05) is 6.08 Å². The molecule has 11 nitrogen and oxygen atoms in total. The van der Waals surface area contributed by atoms with Gasteiger partial charge >= 0.3 is 12.2 Å². The molecule has 0 spiro atoms. The first-order chi connectivity index (χ1) is 20.0. The lowest BCUT2D eigenvalue weighted by Crippen LogP contribution is -2.37. The van der Waals surface area contributed by atoms with Crippen molar-refractivity contribution in [1.29, 1.82) is 0 Å². The predicted molar refractivity (Wildman–Crippen MR) is 161 cm³/mol. The van der Waals surface area contributed by atoms with E-state index in [1.54, 1.807) is 78.6 Å². The van der Waals surface area contributed by atoms with Crippen molar-refractivity contribution in [3.05, 3.63) is 41.0 Å². The Bertz CT molecular complexity index is 1410. The molecule has 1 unspecified atom stereocenters. The number of hydrogen-bond donors (Lipinski definition) is 2. The van der Waals surface area contributed by atoms with E-state index in [2.05, 4.69) is 15.3 Å². The van der Waals surface area contributed by atoms with Crippen molar-refractivity contribution in [3.8, 4) is 5.75 Å². The molecule has 0 aromatic carbocycles. The summed E-state index contributed by atoms with van der Waals surface area (Å²) >= 11 is 0. The molecule has 0 saturated carbocycles. The lowest BCUT2D eigenvalue weighted by molar-refractivity contribution is 0.0273. The number of aromatic nitrogens is 2. The molecule has 4 rings (SSSR count). The number of aryl methyl sites for hydroxylation is 1. The van der Waals surface area contributed by atoms with Crippen molar-refractivity contribution >= 4 is 35.1 Å². The van der Waals surface area contributed by atoms with Crippen molar-refractivity contribution in [1.82, 2.24) is 14.9 Å². The van der Waals surface area contributed by atoms with Gasteiger partial charge in [-0.25, -0.2) is 23.9 Å². The minimum Gasteiger partial charge on any atom is -0.491 e. The molecule has 4 heterocycles. The van der Waals surface area contributed by atoms with E-state index < -0.39 is 35.3 Å². The maximum absolute atomic E-state index is 16.4. The van der Waals surface area contributed by atoms with Gasteiger partial charge in [-0.3, -0.25) is 4.90 Å². The summed E-state index contributed by atoms with van der Waals surface area (Å²) in [5.41, 5.74) is 0.796. The Labute approximate surface area is 252 Å². The molecule has 234 valence electrons. The number of anilines is 3. The number of aliphatic hydroxyl groups excluding tert-OH is 1. The molecule has 2 aromatic rings. The molecule has 2 amide bonds. The third-order valence-corrected chi connectivity index (χ3v) is 6.72. The number of allylic oxidation sites excluding steroid dienone is 1. The molecule has 12 heteroatoms. The summed E-state index contributed by atoms with van der Waals surface area (Å²) < 4.78 is 33.3. The highest BCUT2D eigenvalue weighted by Crippen LogP contribution is 2.43. The smallest absolute Gasteiger partial charge is 0.414 e. The van der Waals surface area contributed by atoms with E-state index in [1.807, 2.05) is 0 Å². The molecule has 2 aliphatic rings. The molecule has 0 aliphatic carbocycles. The Hall–Kier alpha value is -3.93. The van der Waals surface area contributed by atoms with Crippen LogP contribution >= 0.6 is 0 Å². The number of fused-ring (bicyclic) bond motifs is 1. The lowest BCUT2D eigenvalue weighted by Gasteiger charge is -2.26. The summed E-state index contributed by atoms with van der Waals surface area (Å²) in [6.07, 6.45) is 1.21. The first-order valence-electron chi connectivity index (χ1n) is 14.5. The second kappa shape index (κ2) is 12.4. The minimum absolute atomic E-state index is 0.142. The summed E-state index contributed by atoms with van der Waals surface area (Å²) in [6, 6.07) is 3.30. The van der Waals surface area contributed by atoms with E-state index in [1.165, 1.54) is 4.90 Å². The topological polar surface area (TPSA) is 126 Å². The Kier molecular flexibility index (Phi) is 9.19. The zero-order valence-corrected chi connectivity index (χ0v) is 26.2. The number of carbonyl (C=O) groups is 2. The van der Waals surface area contributed by atoms with Crippen LogP contribution in [0.4, 0.5) is 31.3 Å². The van der Waals surface area contributed by atoms with Gasteiger partial charge in [0.15, 0.2) is 17.4 Å². The number of nitrogens with zero attached hydrogens (tertiary/aromatic N) is 4. The number of ether oxygens (including phenoxy) is 3. The quantitative estimate of drug-likeness (QED) is 0.418. The summed E-state index contributed by atoms with van der Waals surface area (Å²) in [5.74, 6) is -0.368. The summed E-state index contributed by atoms with van der Waals surface area (Å²) in [5, 5.41) is 13.8. The van der Waals surface area contributed by atoms with Gasteiger partial charge in [-0.05, 0) is 72.9 Å². The molecule has 2 N–H and O–H groups in total. The van der Waals surface area contributed by atoms with Crippen LogP contribution in [0.1, 0.15) is 83.9 Å². The van der Waals surface area contributed by atoms with Crippen LogP contribution in [0.3, 0.4) is 0 Å². The highest BCUT2D eigenvalue weighted by molar-refractivity contribution is 5.88. The van der Waals surface area contributed by atoms with Gasteiger partial charge in [-0.2, -0.15) is 0 Å². The number of nitrogens with one attached hydrogen (secondary N) is 1. The molecule has 0 radical (unpaired) electrons. The van der Waals surface area contributed by atoms with Crippen LogP contribution in [0.15, 0.2) is 18.2 Å². The third kappa shape index (κ3) is 7.92. The second-order valence-corrected chi connectivity index (χ2v) is 12.8. The van der Waals surface area contributed by atoms with Gasteiger partial charge < -0.3 is 29.5 Å². The van der Waals surface area contributed by atoms with E-state index >= 15 is 4.39 Å². The third-order valence-electron chi connectivity index (χ3n) is 6.72. The van der Waals surface area contributed by atoms with Crippen LogP contribution in [0.5, 0.6) is 5.75 Å². The van der Waals surface area contributed by atoms with Crippen LogP contribution in [0.25, 0.3) is 5.57 Å². The molecule has 2 aliphatic heterocycles. The Morgan fingerprint density at radius 3 is 2.51 bits per heavy atom. The van der Waals surface area contributed by atoms with Crippen LogP contribution in [0.2, 0.25) is 0 Å². The van der Waals surface area contributed by atoms with Crippen molar-refractivity contribution in [2.75, 3.05) is 37.0 Å². The van der Waals surface area contributed by atoms with E-state index in [9.17, 15) is 14.7 Å². The van der Waals surface area contributed by atoms with Crippen LogP contribution in [-0.4, -0.2) is 70.1 Å². The number of rotatable bonds is 4. The second-order valence-electron chi connectivity index (χ2n) is 12.8. The minimum atomic E-state index is -0.951. The maximum atomic E-state index is 16.4. The number of aliphatic hydroxyl groups is 1. The van der Waals surface area contributed by atoms with Crippen molar-refractivity contribution in [3.63, 3.8) is 0 Å². The fourth-order valence-electron chi connectivity index (χ4n) is 4.78. The maximum Gasteiger partial charge on any atom is 0.414 e. The molecule has 1 atom stereocenters. The van der Waals surface area contributed by atoms with E-state index in [4.69, 9.17) is 14.2 Å². The Balaban J connectivity index is 1.70. The zero-order chi connectivity index (χ0) is 31.7. The monoisotopic (exact) mass is 599 g/mol. The number of amides is 2. The van der Waals surface area contributed by atoms with Crippen molar-refractivity contribution < 1.29 is 33.3 Å². The Morgan fingerprint density at radius 1 is 1.14 bits per heavy atom. The highest BCUT2D eigenvalue weighted by Gasteiger charge is 2.32. The lowest BCUT2D eigenvalue weighted by atomic mass is 9.96. The fourth-order valence-corrected chi connectivity index (χ4v) is 4.78. The first kappa shape index (κ1) is 32.0. The number of carbonyl (C=O) groups excluding carboxylic acids is 2. The average molecular weight is 600 g/mol. The van der Waals surface area contributed by atoms with Crippen LogP contribution < -0.4 is 15.0 Å². The first-order valence-corrected chi connectivity index (χ1v) is 14.5. The average Bonchev–Trinajstić information content (AvgIpc) is 3.13. The summed E-state index contributed by atoms with van der Waals surface area (Å²) in [4.78, 5) is 37.2. The standard InChI is InChI=1S/C31H42FN5O6/c1-18-16-20(36(8)28(39)42-30(2,3)4)17-22(33-18)34-27-24(32)23(26-25(35-27)21(38)12-15-41-26)19-10-9-13-37(14-11-19)29(40)43-31(5,6)7/h11,16-17,21,38H,9-10,12-15H2,1-8H3,(H,33,34,35). The van der Waals surface area contributed by atoms with Gasteiger partial charge in [-0.15, -0.1) is 0 Å². The van der Waals surface area contributed by atoms with Crippen LogP contribution in [-0.2, 0) is 9.47 Å². The molecule has 43 heavy (non-hydrogen) atoms. The van der Waals surface area contributed by atoms with Crippen molar-refractivity contribution in [2.24, 2.45) is 0 Å². The van der Waals surface area contributed by atoms with Crippen molar-refractivity contribution in [2.45, 2.75) is 85.0 Å². The largest absolute Gasteiger partial charge is 0.491 e. The molecular formula is C31H42FN5O6. The van der Waals surface area contributed by atoms with E-state index in [-0.39, 0.29) is 41.8 Å². The van der Waals surface area contributed by atoms with E-state index in [0.717, 1.165) is 0 Å². The summed E-state index contributed by atoms with van der Waals surface area (Å²) in [7, 11) is 1.58. The van der Waals surface area contributed by atoms with Gasteiger partial charge in [0.2, 0.25) is 0 Å². The van der Waals surface area contributed by atoms with Crippen LogP contribution in [0, 0.1) is 12.7 Å². The van der Waals surface area contributed by atoms with Gasteiger partial charge in [0, 0.05) is 38.3 Å².